The summed E-state index contributed by atoms with van der Waals surface area (Å²) in [6.07, 6.45) is 0. The van der Waals surface area contributed by atoms with Crippen molar-refractivity contribution in [2.24, 2.45) is 0 Å². The van der Waals surface area contributed by atoms with Crippen LogP contribution in [0.15, 0.2) is 89.4 Å². The zero-order valence-electron chi connectivity index (χ0n) is 15.4. The fraction of sp³-hybridized carbons (Fsp3) is 0. The molecular weight excluding hydrogens is 428 g/mol. The Morgan fingerprint density at radius 2 is 1.24 bits per heavy atom. The third kappa shape index (κ3) is 3.65. The van der Waals surface area contributed by atoms with Crippen molar-refractivity contribution >= 4 is 33.3 Å². The summed E-state index contributed by atoms with van der Waals surface area (Å²) in [5, 5.41) is 0. The number of nitrogens with one attached hydrogen (secondary N) is 1. The van der Waals surface area contributed by atoms with Gasteiger partial charge in [0.05, 0.1) is 11.3 Å². The van der Waals surface area contributed by atoms with Crippen LogP contribution in [0.5, 0.6) is 0 Å². The highest BCUT2D eigenvalue weighted by atomic mass is 79.9. The molecule has 0 fully saturated rings. The molecule has 0 aliphatic heterocycles. The van der Waals surface area contributed by atoms with E-state index < -0.39 is 0 Å². The lowest BCUT2D eigenvalue weighted by Gasteiger charge is -2.08. The molecule has 0 aliphatic carbocycles. The second-order valence-electron chi connectivity index (χ2n) is 6.56. The van der Waals surface area contributed by atoms with Gasteiger partial charge in [-0.15, -0.1) is 0 Å². The highest BCUT2D eigenvalue weighted by Crippen LogP contribution is 2.35. The summed E-state index contributed by atoms with van der Waals surface area (Å²) < 4.78 is 0.900. The number of carbonyl (C=O) groups excluding carboxylic acids is 2. The van der Waals surface area contributed by atoms with Crippen LogP contribution >= 0.6 is 15.9 Å². The highest BCUT2D eigenvalue weighted by molar-refractivity contribution is 9.10. The van der Waals surface area contributed by atoms with E-state index in [2.05, 4.69) is 20.9 Å². The maximum atomic E-state index is 13.3. The maximum absolute atomic E-state index is 13.3. The largest absolute Gasteiger partial charge is 0.385 e. The number of aromatic nitrogens is 1. The first-order chi connectivity index (χ1) is 14.1. The fourth-order valence-corrected chi connectivity index (χ4v) is 3.56. The number of carbonyl (C=O) groups is 2. The molecule has 1 heterocycles. The van der Waals surface area contributed by atoms with Gasteiger partial charge >= 0.3 is 0 Å². The minimum absolute atomic E-state index is 0.177. The summed E-state index contributed by atoms with van der Waals surface area (Å²) in [5.74, 6) is -0.275. The minimum atomic E-state index is -0.232. The van der Waals surface area contributed by atoms with E-state index in [9.17, 15) is 9.59 Å². The second kappa shape index (κ2) is 7.89. The highest BCUT2D eigenvalue weighted by Gasteiger charge is 2.27. The Balaban J connectivity index is 1.94. The molecule has 4 nitrogen and oxygen atoms in total. The first-order valence-electron chi connectivity index (χ1n) is 9.03. The smallest absolute Gasteiger partial charge is 0.209 e. The Kier molecular flexibility index (Phi) is 5.14. The minimum Gasteiger partial charge on any atom is -0.385 e. The van der Waals surface area contributed by atoms with E-state index in [1.54, 1.807) is 48.5 Å². The second-order valence-corrected chi connectivity index (χ2v) is 7.48. The Hall–Kier alpha value is -3.44. The molecule has 0 atom stereocenters. The molecule has 0 bridgehead atoms. The van der Waals surface area contributed by atoms with Crippen molar-refractivity contribution in [1.29, 1.82) is 0 Å². The molecule has 0 saturated heterocycles. The van der Waals surface area contributed by atoms with Crippen molar-refractivity contribution in [3.8, 4) is 11.1 Å². The maximum Gasteiger partial charge on any atom is 0.209 e. The van der Waals surface area contributed by atoms with Gasteiger partial charge in [0.1, 0.15) is 5.82 Å². The fourth-order valence-electron chi connectivity index (χ4n) is 3.30. The number of ketones is 2. The predicted molar refractivity (Wildman–Crippen MR) is 118 cm³/mol. The SMILES string of the molecule is Nc1[nH]c(C(=O)c2ccccc2)c(-c2ccc(Br)cc2)c1C(=O)c1ccccc1. The lowest BCUT2D eigenvalue weighted by molar-refractivity contribution is 0.103. The average molecular weight is 445 g/mol. The molecule has 4 rings (SSSR count). The number of anilines is 1. The number of aromatic amines is 1. The standard InChI is InChI=1S/C24H17BrN2O2/c25-18-13-11-15(12-14-18)19-20(22(28)16-7-3-1-4-8-16)24(26)27-21(19)23(29)17-9-5-2-6-10-17/h1-14,27H,26H2. The van der Waals surface area contributed by atoms with E-state index in [1.165, 1.54) is 0 Å². The van der Waals surface area contributed by atoms with Crippen molar-refractivity contribution in [2.45, 2.75) is 0 Å². The normalized spacial score (nSPS) is 10.7. The van der Waals surface area contributed by atoms with E-state index in [0.717, 1.165) is 10.0 Å². The topological polar surface area (TPSA) is 76.0 Å². The molecule has 0 unspecified atom stereocenters. The van der Waals surface area contributed by atoms with Crippen LogP contribution in [-0.2, 0) is 0 Å². The quantitative estimate of drug-likeness (QED) is 0.399. The van der Waals surface area contributed by atoms with Gasteiger partial charge in [-0.3, -0.25) is 9.59 Å². The van der Waals surface area contributed by atoms with Crippen LogP contribution < -0.4 is 5.73 Å². The number of nitrogens with two attached hydrogens (primary N) is 1. The molecule has 4 aromatic rings. The summed E-state index contributed by atoms with van der Waals surface area (Å²) >= 11 is 3.43. The van der Waals surface area contributed by atoms with Gasteiger partial charge < -0.3 is 10.7 Å². The van der Waals surface area contributed by atoms with E-state index in [4.69, 9.17) is 5.73 Å². The third-order valence-corrected chi connectivity index (χ3v) is 5.22. The Morgan fingerprint density at radius 3 is 1.79 bits per heavy atom. The lowest BCUT2D eigenvalue weighted by Crippen LogP contribution is -2.06. The van der Waals surface area contributed by atoms with Gasteiger partial charge in [-0.05, 0) is 17.7 Å². The van der Waals surface area contributed by atoms with Crippen LogP contribution in [0.1, 0.15) is 32.0 Å². The van der Waals surface area contributed by atoms with Crippen LogP contribution in [0.3, 0.4) is 0 Å². The molecule has 0 aliphatic rings. The molecule has 0 spiro atoms. The van der Waals surface area contributed by atoms with Gasteiger partial charge in [-0.2, -0.15) is 0 Å². The van der Waals surface area contributed by atoms with Crippen molar-refractivity contribution in [1.82, 2.24) is 4.98 Å². The summed E-state index contributed by atoms with van der Waals surface area (Å²) in [6.45, 7) is 0. The van der Waals surface area contributed by atoms with Crippen LogP contribution in [0.4, 0.5) is 5.82 Å². The van der Waals surface area contributed by atoms with E-state index in [0.29, 0.717) is 27.9 Å². The molecule has 0 saturated carbocycles. The number of H-pyrrole nitrogens is 1. The first-order valence-corrected chi connectivity index (χ1v) is 9.82. The Labute approximate surface area is 176 Å². The monoisotopic (exact) mass is 444 g/mol. The average Bonchev–Trinajstić information content (AvgIpc) is 3.11. The molecular formula is C24H17BrN2O2. The molecule has 142 valence electrons. The number of rotatable bonds is 5. The number of hydrogen-bond acceptors (Lipinski definition) is 3. The first kappa shape index (κ1) is 18.9. The molecule has 0 radical (unpaired) electrons. The number of halogens is 1. The Bertz CT molecular complexity index is 1180. The van der Waals surface area contributed by atoms with Gasteiger partial charge in [-0.1, -0.05) is 88.7 Å². The number of benzene rings is 3. The zero-order valence-corrected chi connectivity index (χ0v) is 16.9. The number of hydrogen-bond donors (Lipinski definition) is 2. The van der Waals surface area contributed by atoms with E-state index in [-0.39, 0.29) is 17.4 Å². The van der Waals surface area contributed by atoms with Gasteiger partial charge in [0.2, 0.25) is 5.78 Å². The summed E-state index contributed by atoms with van der Waals surface area (Å²) in [5.41, 5.74) is 9.11. The third-order valence-electron chi connectivity index (χ3n) is 4.69. The van der Waals surface area contributed by atoms with Crippen molar-refractivity contribution < 1.29 is 9.59 Å². The van der Waals surface area contributed by atoms with Crippen LogP contribution in [-0.4, -0.2) is 16.6 Å². The lowest BCUT2D eigenvalue weighted by atomic mass is 9.93. The van der Waals surface area contributed by atoms with Gasteiger partial charge in [-0.25, -0.2) is 0 Å². The number of nitrogen functional groups attached to an aromatic ring is 1. The van der Waals surface area contributed by atoms with Crippen LogP contribution in [0, 0.1) is 0 Å². The van der Waals surface area contributed by atoms with Crippen molar-refractivity contribution in [3.63, 3.8) is 0 Å². The molecule has 0 amide bonds. The predicted octanol–water partition coefficient (Wildman–Crippen LogP) is 5.49. The summed E-state index contributed by atoms with van der Waals surface area (Å²) in [4.78, 5) is 29.5. The van der Waals surface area contributed by atoms with Gasteiger partial charge in [0.25, 0.3) is 0 Å². The van der Waals surface area contributed by atoms with Crippen LogP contribution in [0.2, 0.25) is 0 Å². The molecule has 29 heavy (non-hydrogen) atoms. The van der Waals surface area contributed by atoms with Crippen molar-refractivity contribution in [2.75, 3.05) is 5.73 Å². The molecule has 3 aromatic carbocycles. The zero-order chi connectivity index (χ0) is 20.4. The molecule has 5 heteroatoms. The van der Waals surface area contributed by atoms with Gasteiger partial charge in [0.15, 0.2) is 5.78 Å². The summed E-state index contributed by atoms with van der Waals surface area (Å²) in [6, 6.07) is 25.3. The molecule has 1 aromatic heterocycles. The van der Waals surface area contributed by atoms with Gasteiger partial charge in [0, 0.05) is 21.2 Å². The summed E-state index contributed by atoms with van der Waals surface area (Å²) in [7, 11) is 0. The van der Waals surface area contributed by atoms with Crippen molar-refractivity contribution in [3.05, 3.63) is 112 Å². The van der Waals surface area contributed by atoms with Crippen LogP contribution in [0.25, 0.3) is 11.1 Å². The molecule has 3 N–H and O–H groups in total. The van der Waals surface area contributed by atoms with E-state index >= 15 is 0 Å². The van der Waals surface area contributed by atoms with E-state index in [1.807, 2.05) is 36.4 Å². The Morgan fingerprint density at radius 1 is 0.724 bits per heavy atom.